The zero-order chi connectivity index (χ0) is 36.6. The maximum atomic E-state index is 16.3. The minimum Gasteiger partial charge on any atom is -0.504 e. The molecule has 50 heavy (non-hydrogen) atoms. The fourth-order valence-corrected chi connectivity index (χ4v) is 6.92. The van der Waals surface area contributed by atoms with Crippen LogP contribution in [0, 0.1) is 24.0 Å². The van der Waals surface area contributed by atoms with Crippen LogP contribution in [0.25, 0.3) is 32.8 Å². The molecule has 3 unspecified atom stereocenters. The molecule has 0 aliphatic carbocycles. The number of hydrogen-bond donors (Lipinski definition) is 7. The topological polar surface area (TPSA) is 175 Å². The maximum absolute atomic E-state index is 16.3. The molecule has 0 spiro atoms. The van der Waals surface area contributed by atoms with E-state index in [1.165, 1.54) is 20.0 Å². The quantitative estimate of drug-likeness (QED) is 0.113. The lowest BCUT2D eigenvalue weighted by Gasteiger charge is -2.33. The van der Waals surface area contributed by atoms with Crippen LogP contribution in [0.2, 0.25) is 0 Å². The van der Waals surface area contributed by atoms with Gasteiger partial charge in [0.2, 0.25) is 11.5 Å². The smallest absolute Gasteiger partial charge is 0.318 e. The third-order valence-electron chi connectivity index (χ3n) is 9.14. The summed E-state index contributed by atoms with van der Waals surface area (Å²) in [5, 5.41) is 64.4. The Kier molecular flexibility index (Phi) is 10.4. The predicted octanol–water partition coefficient (Wildman–Crippen LogP) is 4.97. The molecule has 7 rings (SSSR count). The molecule has 3 saturated heterocycles. The summed E-state index contributed by atoms with van der Waals surface area (Å²) < 4.78 is 50.0. The van der Waals surface area contributed by atoms with Gasteiger partial charge in [0.15, 0.2) is 28.8 Å². The van der Waals surface area contributed by atoms with Crippen molar-refractivity contribution in [1.29, 1.82) is 0 Å². The number of aromatic nitrogens is 2. The number of fused-ring (bicyclic) bond motifs is 3. The number of halogens is 3. The predicted molar refractivity (Wildman–Crippen MR) is 182 cm³/mol. The number of piperazine rings is 1. The molecule has 12 nitrogen and oxygen atoms in total. The Morgan fingerprint density at radius 2 is 1.60 bits per heavy atom. The normalized spacial score (nSPS) is 20.1. The van der Waals surface area contributed by atoms with Crippen LogP contribution in [0.5, 0.6) is 40.5 Å². The van der Waals surface area contributed by atoms with Crippen molar-refractivity contribution in [1.82, 2.24) is 20.2 Å². The van der Waals surface area contributed by atoms with Crippen molar-refractivity contribution in [2.45, 2.75) is 58.3 Å². The Bertz CT molecular complexity index is 1970. The summed E-state index contributed by atoms with van der Waals surface area (Å²) in [5.41, 5.74) is -2.81. The highest BCUT2D eigenvalue weighted by Crippen LogP contribution is 2.57. The number of nitrogens with one attached hydrogen (secondary N) is 1. The minimum absolute atomic E-state index is 0.0176. The molecule has 3 fully saturated rings. The monoisotopic (exact) mass is 699 g/mol. The highest BCUT2D eigenvalue weighted by molar-refractivity contribution is 6.13. The zero-order valence-electron chi connectivity index (χ0n) is 28.1. The molecule has 4 heterocycles. The van der Waals surface area contributed by atoms with Gasteiger partial charge in [-0.15, -0.1) is 6.42 Å². The first-order valence-corrected chi connectivity index (χ1v) is 16.3. The van der Waals surface area contributed by atoms with Gasteiger partial charge in [0, 0.05) is 54.6 Å². The average molecular weight is 700 g/mol. The molecule has 15 heteroatoms. The molecule has 4 aromatic rings. The number of phenolic OH excluding ortho intramolecular Hbond substituents is 6. The number of terminal acetylenes is 1. The van der Waals surface area contributed by atoms with Gasteiger partial charge in [-0.2, -0.15) is 9.97 Å². The summed E-state index contributed by atoms with van der Waals surface area (Å²) in [5.74, 6) is -7.39. The van der Waals surface area contributed by atoms with Gasteiger partial charge in [-0.25, -0.2) is 13.2 Å². The summed E-state index contributed by atoms with van der Waals surface area (Å²) in [6.45, 7) is 9.30. The van der Waals surface area contributed by atoms with E-state index in [1.54, 1.807) is 4.90 Å². The zero-order valence-corrected chi connectivity index (χ0v) is 28.1. The molecule has 3 aliphatic rings. The molecule has 3 aliphatic heterocycles. The van der Waals surface area contributed by atoms with Crippen molar-refractivity contribution in [2.75, 3.05) is 44.7 Å². The van der Waals surface area contributed by atoms with Crippen LogP contribution in [-0.2, 0) is 0 Å². The van der Waals surface area contributed by atoms with Crippen LogP contribution < -0.4 is 15.0 Å². The Morgan fingerprint density at radius 1 is 0.920 bits per heavy atom. The summed E-state index contributed by atoms with van der Waals surface area (Å²) in [7, 11) is 1.27. The summed E-state index contributed by atoms with van der Waals surface area (Å²) in [6, 6.07) is 1.36. The van der Waals surface area contributed by atoms with Gasteiger partial charge in [-0.05, 0) is 38.8 Å². The first-order chi connectivity index (χ1) is 23.9. The number of methoxy groups -OCH3 is 1. The van der Waals surface area contributed by atoms with Crippen LogP contribution in [0.1, 0.15) is 45.6 Å². The van der Waals surface area contributed by atoms with Crippen molar-refractivity contribution in [3.63, 3.8) is 0 Å². The van der Waals surface area contributed by atoms with E-state index < -0.39 is 85.3 Å². The third kappa shape index (κ3) is 6.13. The Balaban J connectivity index is 0.000000376. The van der Waals surface area contributed by atoms with Crippen molar-refractivity contribution in [3.8, 4) is 64.0 Å². The van der Waals surface area contributed by atoms with E-state index in [4.69, 9.17) is 11.2 Å². The number of hydrogen-bond acceptors (Lipinski definition) is 12. The molecule has 0 radical (unpaired) electrons. The van der Waals surface area contributed by atoms with Gasteiger partial charge in [-0.3, -0.25) is 4.90 Å². The van der Waals surface area contributed by atoms with Gasteiger partial charge >= 0.3 is 6.01 Å². The summed E-state index contributed by atoms with van der Waals surface area (Å²) >= 11 is 0. The van der Waals surface area contributed by atoms with E-state index in [9.17, 15) is 35.0 Å². The fraction of sp³-hybridized carbons (Fsp3) is 0.429. The molecule has 1 aromatic heterocycles. The van der Waals surface area contributed by atoms with E-state index >= 15 is 8.78 Å². The number of anilines is 1. The first-order valence-electron chi connectivity index (χ1n) is 16.3. The molecule has 3 atom stereocenters. The van der Waals surface area contributed by atoms with Crippen molar-refractivity contribution in [3.05, 3.63) is 23.3 Å². The van der Waals surface area contributed by atoms with E-state index in [0.29, 0.717) is 32.2 Å². The van der Waals surface area contributed by atoms with Gasteiger partial charge in [0.05, 0.1) is 23.6 Å². The van der Waals surface area contributed by atoms with Gasteiger partial charge in [0.25, 0.3) is 0 Å². The third-order valence-corrected chi connectivity index (χ3v) is 9.14. The Labute approximate surface area is 286 Å². The second-order valence-corrected chi connectivity index (χ2v) is 12.1. The number of phenols is 6. The molecule has 7 N–H and O–H groups in total. The van der Waals surface area contributed by atoms with Crippen molar-refractivity contribution < 1.29 is 48.5 Å². The lowest BCUT2D eigenvalue weighted by Crippen LogP contribution is -2.49. The molecule has 0 saturated carbocycles. The van der Waals surface area contributed by atoms with Crippen LogP contribution in [0.15, 0.2) is 6.07 Å². The van der Waals surface area contributed by atoms with Crippen molar-refractivity contribution >= 4 is 27.5 Å². The lowest BCUT2D eigenvalue weighted by atomic mass is 9.90. The molecule has 268 valence electrons. The molecule has 3 aromatic carbocycles. The number of alkyl halides is 1. The van der Waals surface area contributed by atoms with Gasteiger partial charge < -0.3 is 45.6 Å². The minimum atomic E-state index is -1.33. The molecule has 0 amide bonds. The van der Waals surface area contributed by atoms with E-state index in [0.717, 1.165) is 19.0 Å². The van der Waals surface area contributed by atoms with Gasteiger partial charge in [0.1, 0.15) is 23.3 Å². The van der Waals surface area contributed by atoms with E-state index in [-0.39, 0.29) is 23.3 Å². The van der Waals surface area contributed by atoms with Gasteiger partial charge in [-0.1, -0.05) is 19.8 Å². The highest BCUT2D eigenvalue weighted by atomic mass is 19.1. The number of benzene rings is 3. The maximum Gasteiger partial charge on any atom is 0.318 e. The van der Waals surface area contributed by atoms with Crippen LogP contribution >= 0.6 is 0 Å². The SMILES string of the molecule is C#Cc1c(O)c(O)c(O)c2c(O)c(O)c(O)c(-c3c(F)cc4c(N5CCNC(C)C5)nc(OC)nc4c3F)c12.CC.FC1CC2CCCN2C1. The summed E-state index contributed by atoms with van der Waals surface area (Å²) in [6.07, 6.45) is 8.29. The number of aromatic hydroxyl groups is 6. The second kappa shape index (κ2) is 14.4. The lowest BCUT2D eigenvalue weighted by molar-refractivity contribution is 0.292. The number of nitrogens with zero attached hydrogens (tertiary/aromatic N) is 4. The fourth-order valence-electron chi connectivity index (χ4n) is 6.92. The largest absolute Gasteiger partial charge is 0.504 e. The molecule has 0 bridgehead atoms. The summed E-state index contributed by atoms with van der Waals surface area (Å²) in [4.78, 5) is 12.4. The molecular formula is C35H40F3N5O7. The van der Waals surface area contributed by atoms with Crippen molar-refractivity contribution in [2.24, 2.45) is 0 Å². The van der Waals surface area contributed by atoms with E-state index in [2.05, 4.69) is 20.2 Å². The van der Waals surface area contributed by atoms with E-state index in [1.807, 2.05) is 26.7 Å². The first kappa shape index (κ1) is 36.2. The van der Waals surface area contributed by atoms with Crippen LogP contribution in [0.4, 0.5) is 19.0 Å². The van der Waals surface area contributed by atoms with Crippen LogP contribution in [0.3, 0.4) is 0 Å². The molecular weight excluding hydrogens is 659 g/mol. The Morgan fingerprint density at radius 3 is 2.22 bits per heavy atom. The number of ether oxygens (including phenoxy) is 1. The average Bonchev–Trinajstić information content (AvgIpc) is 3.69. The van der Waals surface area contributed by atoms with Crippen LogP contribution in [-0.4, -0.2) is 104 Å². The standard InChI is InChI=1S/C26H22F2N4O7.C7H12FN.C2H6/c1-4-10-13-15(20(34)24(38)22(36)16(13)21(35)23(37)19(10)33)14-12(27)7-11-18(17(14)28)30-26(39-3)31-25(11)32-6-5-29-9(2)8-32;8-6-4-7-2-1-3-9(7)5-6;1-2/h1,7,9,29,33-38H,5-6,8H2,2-3H3;6-7H,1-5H2;1-2H3. The highest BCUT2D eigenvalue weighted by Gasteiger charge is 2.35. The second-order valence-electron chi connectivity index (χ2n) is 12.1. The number of rotatable bonds is 3. The Hall–Kier alpha value is -5.07.